The molecule has 0 saturated heterocycles. The van der Waals surface area contributed by atoms with Crippen molar-refractivity contribution in [2.45, 2.75) is 11.7 Å². The number of anilines is 1. The maximum Gasteiger partial charge on any atom is 0.251 e. The third-order valence-corrected chi connectivity index (χ3v) is 5.97. The number of ether oxygens (including phenoxy) is 2. The summed E-state index contributed by atoms with van der Waals surface area (Å²) in [5.41, 5.74) is 2.01. The van der Waals surface area contributed by atoms with Crippen molar-refractivity contribution in [3.63, 3.8) is 0 Å². The average Bonchev–Trinajstić information content (AvgIpc) is 3.63. The van der Waals surface area contributed by atoms with E-state index in [2.05, 4.69) is 15.6 Å². The standard InChI is InChI=1S/C24H20N4O5S/c29-22(27-17-5-8-20-21(12-17)33-15-32-20)14-34-24-25-9-10-28(24)18-6-3-16(4-7-18)23(30)26-13-19-2-1-11-31-19/h1-12H,13-15H2,(H,26,30)(H,27,29). The predicted octanol–water partition coefficient (Wildman–Crippen LogP) is 3.85. The number of benzene rings is 2. The molecule has 9 nitrogen and oxygen atoms in total. The molecule has 0 unspecified atom stereocenters. The molecule has 0 bridgehead atoms. The minimum atomic E-state index is -0.191. The van der Waals surface area contributed by atoms with E-state index in [4.69, 9.17) is 13.9 Å². The van der Waals surface area contributed by atoms with Gasteiger partial charge in [-0.05, 0) is 48.5 Å². The van der Waals surface area contributed by atoms with Gasteiger partial charge in [-0.3, -0.25) is 14.2 Å². The molecule has 34 heavy (non-hydrogen) atoms. The number of carbonyl (C=O) groups excluding carboxylic acids is 2. The number of furan rings is 1. The van der Waals surface area contributed by atoms with E-state index in [0.717, 1.165) is 5.69 Å². The number of hydrogen-bond acceptors (Lipinski definition) is 7. The van der Waals surface area contributed by atoms with Gasteiger partial charge in [0.1, 0.15) is 5.76 Å². The molecule has 2 aromatic heterocycles. The lowest BCUT2D eigenvalue weighted by Gasteiger charge is -2.09. The van der Waals surface area contributed by atoms with Crippen LogP contribution in [0.3, 0.4) is 0 Å². The topological polar surface area (TPSA) is 108 Å². The van der Waals surface area contributed by atoms with E-state index in [0.29, 0.717) is 40.2 Å². The molecule has 0 saturated carbocycles. The van der Waals surface area contributed by atoms with Gasteiger partial charge in [0.25, 0.3) is 5.91 Å². The van der Waals surface area contributed by atoms with E-state index in [1.165, 1.54) is 11.8 Å². The number of nitrogens with zero attached hydrogens (tertiary/aromatic N) is 2. The van der Waals surface area contributed by atoms with E-state index >= 15 is 0 Å². The number of fused-ring (bicyclic) bond motifs is 1. The maximum atomic E-state index is 12.4. The van der Waals surface area contributed by atoms with Gasteiger partial charge in [0.15, 0.2) is 16.7 Å². The van der Waals surface area contributed by atoms with Crippen LogP contribution in [0.4, 0.5) is 5.69 Å². The van der Waals surface area contributed by atoms with Crippen molar-refractivity contribution in [1.29, 1.82) is 0 Å². The molecule has 0 radical (unpaired) electrons. The zero-order valence-electron chi connectivity index (χ0n) is 17.9. The summed E-state index contributed by atoms with van der Waals surface area (Å²) in [4.78, 5) is 29.1. The van der Waals surface area contributed by atoms with Gasteiger partial charge in [0.05, 0.1) is 18.6 Å². The largest absolute Gasteiger partial charge is 0.467 e. The number of thioether (sulfide) groups is 1. The molecule has 0 fully saturated rings. The molecule has 2 N–H and O–H groups in total. The number of carbonyl (C=O) groups is 2. The number of hydrogen-bond donors (Lipinski definition) is 2. The fourth-order valence-corrected chi connectivity index (χ4v) is 4.12. The van der Waals surface area contributed by atoms with Crippen molar-refractivity contribution in [3.05, 3.63) is 84.6 Å². The molecule has 1 aliphatic heterocycles. The van der Waals surface area contributed by atoms with Crippen molar-refractivity contribution < 1.29 is 23.5 Å². The molecule has 0 aliphatic carbocycles. The highest BCUT2D eigenvalue weighted by atomic mass is 32.2. The zero-order valence-corrected chi connectivity index (χ0v) is 18.7. The van der Waals surface area contributed by atoms with Crippen LogP contribution in [0.15, 0.2) is 82.8 Å². The summed E-state index contributed by atoms with van der Waals surface area (Å²) >= 11 is 1.31. The second kappa shape index (κ2) is 9.75. The van der Waals surface area contributed by atoms with E-state index in [1.807, 2.05) is 22.9 Å². The van der Waals surface area contributed by atoms with Gasteiger partial charge in [-0.1, -0.05) is 11.8 Å². The second-order valence-electron chi connectivity index (χ2n) is 7.29. The number of aromatic nitrogens is 2. The lowest BCUT2D eigenvalue weighted by atomic mass is 10.2. The minimum absolute atomic E-state index is 0.165. The molecule has 1 aliphatic rings. The van der Waals surface area contributed by atoms with Crippen LogP contribution in [-0.2, 0) is 11.3 Å². The summed E-state index contributed by atoms with van der Waals surface area (Å²) in [6, 6.07) is 16.0. The number of amides is 2. The monoisotopic (exact) mass is 476 g/mol. The predicted molar refractivity (Wildman–Crippen MR) is 125 cm³/mol. The fraction of sp³-hybridized carbons (Fsp3) is 0.125. The van der Waals surface area contributed by atoms with Crippen LogP contribution in [0, 0.1) is 0 Å². The molecule has 0 atom stereocenters. The summed E-state index contributed by atoms with van der Waals surface area (Å²) in [7, 11) is 0. The Morgan fingerprint density at radius 1 is 1.06 bits per heavy atom. The molecule has 172 valence electrons. The summed E-state index contributed by atoms with van der Waals surface area (Å²) in [5, 5.41) is 6.33. The van der Waals surface area contributed by atoms with Crippen molar-refractivity contribution in [3.8, 4) is 17.2 Å². The first-order valence-electron chi connectivity index (χ1n) is 10.4. The summed E-state index contributed by atoms with van der Waals surface area (Å²) in [6.07, 6.45) is 5.05. The van der Waals surface area contributed by atoms with Gasteiger partial charge >= 0.3 is 0 Å². The number of rotatable bonds is 8. The van der Waals surface area contributed by atoms with Crippen LogP contribution in [0.5, 0.6) is 11.5 Å². The Labute approximate surface area is 199 Å². The Morgan fingerprint density at radius 3 is 2.74 bits per heavy atom. The van der Waals surface area contributed by atoms with Gasteiger partial charge in [-0.2, -0.15) is 0 Å². The highest BCUT2D eigenvalue weighted by molar-refractivity contribution is 7.99. The lowest BCUT2D eigenvalue weighted by Crippen LogP contribution is -2.22. The first-order valence-corrected chi connectivity index (χ1v) is 11.4. The van der Waals surface area contributed by atoms with Gasteiger partial charge in [-0.25, -0.2) is 4.98 Å². The first-order chi connectivity index (χ1) is 16.7. The van der Waals surface area contributed by atoms with Crippen LogP contribution < -0.4 is 20.1 Å². The van der Waals surface area contributed by atoms with Crippen molar-refractivity contribution in [2.24, 2.45) is 0 Å². The van der Waals surface area contributed by atoms with Gasteiger partial charge in [-0.15, -0.1) is 0 Å². The Hall–Kier alpha value is -4.18. The summed E-state index contributed by atoms with van der Waals surface area (Å²) in [6.45, 7) is 0.506. The maximum absolute atomic E-state index is 12.4. The molecule has 5 rings (SSSR count). The number of nitrogens with one attached hydrogen (secondary N) is 2. The van der Waals surface area contributed by atoms with Crippen LogP contribution in [0.1, 0.15) is 16.1 Å². The SMILES string of the molecule is O=C(CSc1nccn1-c1ccc(C(=O)NCc2ccco2)cc1)Nc1ccc2c(c1)OCO2. The Morgan fingerprint density at radius 2 is 1.91 bits per heavy atom. The molecule has 2 aromatic carbocycles. The molecular weight excluding hydrogens is 456 g/mol. The lowest BCUT2D eigenvalue weighted by molar-refractivity contribution is -0.113. The third-order valence-electron chi connectivity index (χ3n) is 5.01. The number of imidazole rings is 1. The quantitative estimate of drug-likeness (QED) is 0.372. The molecule has 0 spiro atoms. The van der Waals surface area contributed by atoms with Crippen LogP contribution in [0.25, 0.3) is 5.69 Å². The molecule has 2 amide bonds. The van der Waals surface area contributed by atoms with Gasteiger partial charge < -0.3 is 24.5 Å². The first kappa shape index (κ1) is 21.7. The van der Waals surface area contributed by atoms with Crippen LogP contribution in [-0.4, -0.2) is 33.9 Å². The van der Waals surface area contributed by atoms with Gasteiger partial charge in [0, 0.05) is 35.4 Å². The third kappa shape index (κ3) is 4.91. The summed E-state index contributed by atoms with van der Waals surface area (Å²) < 4.78 is 17.7. The highest BCUT2D eigenvalue weighted by Gasteiger charge is 2.15. The Bertz CT molecular complexity index is 1300. The molecule has 4 aromatic rings. The van der Waals surface area contributed by atoms with E-state index < -0.39 is 0 Å². The average molecular weight is 477 g/mol. The van der Waals surface area contributed by atoms with Crippen molar-refractivity contribution >= 4 is 29.3 Å². The van der Waals surface area contributed by atoms with Crippen LogP contribution >= 0.6 is 11.8 Å². The highest BCUT2D eigenvalue weighted by Crippen LogP contribution is 2.34. The van der Waals surface area contributed by atoms with Crippen LogP contribution in [0.2, 0.25) is 0 Å². The fourth-order valence-electron chi connectivity index (χ4n) is 3.35. The summed E-state index contributed by atoms with van der Waals surface area (Å²) in [5.74, 6) is 1.78. The van der Waals surface area contributed by atoms with Gasteiger partial charge in [0.2, 0.25) is 12.7 Å². The smallest absolute Gasteiger partial charge is 0.251 e. The second-order valence-corrected chi connectivity index (χ2v) is 8.24. The van der Waals surface area contributed by atoms with Crippen molar-refractivity contribution in [2.75, 3.05) is 17.9 Å². The zero-order chi connectivity index (χ0) is 23.3. The molecule has 3 heterocycles. The minimum Gasteiger partial charge on any atom is -0.467 e. The Kier molecular flexibility index (Phi) is 6.21. The normalized spacial score (nSPS) is 11.9. The van der Waals surface area contributed by atoms with E-state index in [-0.39, 0.29) is 24.4 Å². The van der Waals surface area contributed by atoms with Crippen molar-refractivity contribution in [1.82, 2.24) is 14.9 Å². The van der Waals surface area contributed by atoms with E-state index in [9.17, 15) is 9.59 Å². The molecular formula is C24H20N4O5S. The van der Waals surface area contributed by atoms with E-state index in [1.54, 1.807) is 54.9 Å². The molecule has 10 heteroatoms. The Balaban J connectivity index is 1.17.